The third-order valence-corrected chi connectivity index (χ3v) is 3.68. The molecule has 2 rings (SSSR count). The van der Waals surface area contributed by atoms with Crippen molar-refractivity contribution in [1.82, 2.24) is 15.1 Å². The molecule has 0 radical (unpaired) electrons. The van der Waals surface area contributed by atoms with Gasteiger partial charge in [-0.1, -0.05) is 13.3 Å². The first-order valence-electron chi connectivity index (χ1n) is 6.93. The number of amides is 1. The predicted molar refractivity (Wildman–Crippen MR) is 72.8 cm³/mol. The fourth-order valence-electron chi connectivity index (χ4n) is 2.58. The molecule has 1 aromatic rings. The predicted octanol–water partition coefficient (Wildman–Crippen LogP) is 0.931. The van der Waals surface area contributed by atoms with E-state index in [1.54, 1.807) is 4.90 Å². The van der Waals surface area contributed by atoms with Crippen molar-refractivity contribution in [2.75, 3.05) is 18.9 Å². The van der Waals surface area contributed by atoms with Crippen LogP contribution in [0.25, 0.3) is 0 Å². The molecular formula is C13H22N4O2. The highest BCUT2D eigenvalue weighted by Gasteiger charge is 2.30. The Hall–Kier alpha value is -1.56. The molecule has 1 atom stereocenters. The Kier molecular flexibility index (Phi) is 4.42. The van der Waals surface area contributed by atoms with E-state index < -0.39 is 0 Å². The van der Waals surface area contributed by atoms with Gasteiger partial charge in [0.05, 0.1) is 24.0 Å². The Morgan fingerprint density at radius 2 is 2.37 bits per heavy atom. The third-order valence-electron chi connectivity index (χ3n) is 3.68. The van der Waals surface area contributed by atoms with Gasteiger partial charge in [0, 0.05) is 6.54 Å². The molecule has 4 N–H and O–H groups in total. The van der Waals surface area contributed by atoms with Crippen molar-refractivity contribution in [3.8, 4) is 0 Å². The first kappa shape index (κ1) is 13.9. The highest BCUT2D eigenvalue weighted by molar-refractivity contribution is 5.97. The zero-order valence-electron chi connectivity index (χ0n) is 11.4. The van der Waals surface area contributed by atoms with Crippen molar-refractivity contribution in [3.05, 3.63) is 11.4 Å². The Morgan fingerprint density at radius 3 is 3.05 bits per heavy atom. The minimum atomic E-state index is -0.171. The van der Waals surface area contributed by atoms with Crippen LogP contribution in [0.1, 0.15) is 48.8 Å². The molecular weight excluding hydrogens is 244 g/mol. The smallest absolute Gasteiger partial charge is 0.276 e. The van der Waals surface area contributed by atoms with Crippen molar-refractivity contribution < 1.29 is 9.90 Å². The number of aryl methyl sites for hydroxylation is 1. The number of aliphatic hydroxyl groups is 1. The van der Waals surface area contributed by atoms with E-state index in [1.165, 1.54) is 0 Å². The summed E-state index contributed by atoms with van der Waals surface area (Å²) in [7, 11) is 0. The molecule has 1 amide bonds. The molecule has 19 heavy (non-hydrogen) atoms. The largest absolute Gasteiger partial charge is 0.395 e. The molecule has 0 spiro atoms. The average Bonchev–Trinajstić information content (AvgIpc) is 2.80. The van der Waals surface area contributed by atoms with Crippen LogP contribution < -0.4 is 5.73 Å². The molecule has 1 aliphatic heterocycles. The summed E-state index contributed by atoms with van der Waals surface area (Å²) in [6, 6.07) is -0.105. The van der Waals surface area contributed by atoms with Gasteiger partial charge in [-0.05, 0) is 25.7 Å². The van der Waals surface area contributed by atoms with Crippen LogP contribution in [0, 0.1) is 0 Å². The fourth-order valence-corrected chi connectivity index (χ4v) is 2.58. The quantitative estimate of drug-likeness (QED) is 0.755. The van der Waals surface area contributed by atoms with Gasteiger partial charge >= 0.3 is 0 Å². The molecule has 6 nitrogen and oxygen atoms in total. The Balaban J connectivity index is 2.18. The van der Waals surface area contributed by atoms with Crippen LogP contribution in [0.4, 0.5) is 5.69 Å². The molecule has 0 aliphatic carbocycles. The molecule has 1 fully saturated rings. The number of aromatic nitrogens is 2. The summed E-state index contributed by atoms with van der Waals surface area (Å²) < 4.78 is 0. The second-order valence-corrected chi connectivity index (χ2v) is 5.05. The van der Waals surface area contributed by atoms with Crippen LogP contribution in [-0.2, 0) is 6.42 Å². The number of aliphatic hydroxyl groups excluding tert-OH is 1. The molecule has 0 aromatic carbocycles. The van der Waals surface area contributed by atoms with Gasteiger partial charge in [-0.15, -0.1) is 0 Å². The number of carbonyl (C=O) groups excluding carboxylic acids is 1. The third kappa shape index (κ3) is 2.73. The normalized spacial score (nSPS) is 19.7. The molecule has 6 heteroatoms. The van der Waals surface area contributed by atoms with Crippen molar-refractivity contribution >= 4 is 11.6 Å². The number of hydrogen-bond donors (Lipinski definition) is 3. The number of likely N-dealkylation sites (tertiary alicyclic amines) is 1. The second kappa shape index (κ2) is 6.06. The first-order chi connectivity index (χ1) is 9.19. The van der Waals surface area contributed by atoms with Crippen LogP contribution in [-0.4, -0.2) is 45.3 Å². The minimum absolute atomic E-state index is 0.00210. The van der Waals surface area contributed by atoms with Crippen LogP contribution >= 0.6 is 0 Å². The van der Waals surface area contributed by atoms with Crippen LogP contribution in [0.3, 0.4) is 0 Å². The first-order valence-corrected chi connectivity index (χ1v) is 6.93. The number of nitrogens with one attached hydrogen (secondary N) is 1. The van der Waals surface area contributed by atoms with Crippen molar-refractivity contribution in [1.29, 1.82) is 0 Å². The zero-order chi connectivity index (χ0) is 13.8. The maximum absolute atomic E-state index is 12.5. The van der Waals surface area contributed by atoms with E-state index in [2.05, 4.69) is 10.2 Å². The zero-order valence-corrected chi connectivity index (χ0v) is 11.4. The summed E-state index contributed by atoms with van der Waals surface area (Å²) in [5, 5.41) is 16.3. The Labute approximate surface area is 113 Å². The van der Waals surface area contributed by atoms with E-state index in [0.717, 1.165) is 37.8 Å². The number of nitrogens with zero attached hydrogens (tertiary/aromatic N) is 2. The summed E-state index contributed by atoms with van der Waals surface area (Å²) in [4.78, 5) is 14.2. The highest BCUT2D eigenvalue weighted by atomic mass is 16.3. The number of rotatable bonds is 4. The highest BCUT2D eigenvalue weighted by Crippen LogP contribution is 2.22. The Morgan fingerprint density at radius 1 is 1.58 bits per heavy atom. The van der Waals surface area contributed by atoms with E-state index >= 15 is 0 Å². The summed E-state index contributed by atoms with van der Waals surface area (Å²) in [5.74, 6) is -0.171. The van der Waals surface area contributed by atoms with Crippen LogP contribution in [0.2, 0.25) is 0 Å². The number of nitrogens with two attached hydrogens (primary N) is 1. The van der Waals surface area contributed by atoms with Gasteiger partial charge in [0.25, 0.3) is 5.91 Å². The van der Waals surface area contributed by atoms with Gasteiger partial charge < -0.3 is 15.7 Å². The van der Waals surface area contributed by atoms with E-state index in [0.29, 0.717) is 17.9 Å². The molecule has 2 heterocycles. The lowest BCUT2D eigenvalue weighted by Crippen LogP contribution is -2.45. The van der Waals surface area contributed by atoms with Gasteiger partial charge in [-0.3, -0.25) is 9.89 Å². The molecule has 1 aromatic heterocycles. The summed E-state index contributed by atoms with van der Waals surface area (Å²) in [6.45, 7) is 2.71. The fraction of sp³-hybridized carbons (Fsp3) is 0.692. The Bertz CT molecular complexity index is 444. The van der Waals surface area contributed by atoms with Crippen LogP contribution in [0.5, 0.6) is 0 Å². The summed E-state index contributed by atoms with van der Waals surface area (Å²) in [6.07, 6.45) is 4.59. The monoisotopic (exact) mass is 266 g/mol. The number of anilines is 1. The van der Waals surface area contributed by atoms with Gasteiger partial charge in [0.2, 0.25) is 0 Å². The lowest BCUT2D eigenvalue weighted by molar-refractivity contribution is 0.0498. The van der Waals surface area contributed by atoms with E-state index in [9.17, 15) is 9.90 Å². The molecule has 106 valence electrons. The topological polar surface area (TPSA) is 95.2 Å². The van der Waals surface area contributed by atoms with E-state index in [-0.39, 0.29) is 18.6 Å². The molecule has 1 unspecified atom stereocenters. The number of carbonyl (C=O) groups is 1. The molecule has 0 bridgehead atoms. The van der Waals surface area contributed by atoms with Gasteiger partial charge in [0.1, 0.15) is 0 Å². The van der Waals surface area contributed by atoms with Gasteiger partial charge in [-0.2, -0.15) is 5.10 Å². The summed E-state index contributed by atoms with van der Waals surface area (Å²) in [5.41, 5.74) is 7.55. The summed E-state index contributed by atoms with van der Waals surface area (Å²) >= 11 is 0. The molecule has 0 saturated carbocycles. The average molecular weight is 266 g/mol. The number of nitrogen functional groups attached to an aromatic ring is 1. The lowest BCUT2D eigenvalue weighted by atomic mass is 10.0. The van der Waals surface area contributed by atoms with Crippen molar-refractivity contribution in [2.45, 2.75) is 45.1 Å². The van der Waals surface area contributed by atoms with Gasteiger partial charge in [0.15, 0.2) is 5.69 Å². The van der Waals surface area contributed by atoms with Crippen LogP contribution in [0.15, 0.2) is 0 Å². The minimum Gasteiger partial charge on any atom is -0.395 e. The van der Waals surface area contributed by atoms with Crippen molar-refractivity contribution in [2.24, 2.45) is 0 Å². The maximum Gasteiger partial charge on any atom is 0.276 e. The maximum atomic E-state index is 12.5. The number of H-pyrrole nitrogens is 1. The lowest BCUT2D eigenvalue weighted by Gasteiger charge is -2.34. The number of aromatic amines is 1. The number of piperidine rings is 1. The SMILES string of the molecule is CCCc1[nH]nc(C(=O)N2CCCCC2CO)c1N. The second-order valence-electron chi connectivity index (χ2n) is 5.05. The number of hydrogen-bond acceptors (Lipinski definition) is 4. The van der Waals surface area contributed by atoms with Crippen molar-refractivity contribution in [3.63, 3.8) is 0 Å². The van der Waals surface area contributed by atoms with Gasteiger partial charge in [-0.25, -0.2) is 0 Å². The van der Waals surface area contributed by atoms with E-state index in [1.807, 2.05) is 6.92 Å². The molecule has 1 aliphatic rings. The standard InChI is InChI=1S/C13H22N4O2/c1-2-5-10-11(14)12(16-15-10)13(19)17-7-4-3-6-9(17)8-18/h9,18H,2-8,14H2,1H3,(H,15,16). The van der Waals surface area contributed by atoms with E-state index in [4.69, 9.17) is 5.73 Å². The molecule has 1 saturated heterocycles.